The molecule has 0 radical (unpaired) electrons. The van der Waals surface area contributed by atoms with Gasteiger partial charge in [0.15, 0.2) is 23.0 Å². The summed E-state index contributed by atoms with van der Waals surface area (Å²) in [4.78, 5) is 56.4. The first-order chi connectivity index (χ1) is 26.3. The summed E-state index contributed by atoms with van der Waals surface area (Å²) < 4.78 is 93.4. The van der Waals surface area contributed by atoms with Crippen LogP contribution < -0.4 is 36.0 Å². The van der Waals surface area contributed by atoms with Crippen LogP contribution in [0.15, 0.2) is 45.6 Å². The van der Waals surface area contributed by atoms with E-state index in [0.717, 1.165) is 16.3 Å². The molecular formula is C36H37F6N3O12. The lowest BCUT2D eigenvalue weighted by molar-refractivity contribution is -0.193. The van der Waals surface area contributed by atoms with E-state index in [1.54, 1.807) is 18.2 Å². The number of nitrogens with zero attached hydrogens (tertiary/aromatic N) is 1. The Kier molecular flexibility index (Phi) is 13.8. The zero-order valence-electron chi connectivity index (χ0n) is 31.1. The molecule has 0 amide bonds. The Labute approximate surface area is 317 Å². The van der Waals surface area contributed by atoms with Gasteiger partial charge < -0.3 is 49.6 Å². The molecule has 2 atom stereocenters. The number of methoxy groups -OCH3 is 2. The highest BCUT2D eigenvalue weighted by Crippen LogP contribution is 2.42. The molecule has 0 unspecified atom stereocenters. The third kappa shape index (κ3) is 10.0. The molecule has 2 aromatic heterocycles. The number of fused-ring (bicyclic) bond motifs is 7. The number of aliphatic carboxylic acids is 2. The average Bonchev–Trinajstić information content (AvgIpc) is 3.42. The first-order valence-electron chi connectivity index (χ1n) is 16.4. The second-order valence-electron chi connectivity index (χ2n) is 12.8. The lowest BCUT2D eigenvalue weighted by Gasteiger charge is -2.16. The van der Waals surface area contributed by atoms with Crippen molar-refractivity contribution < 1.29 is 79.1 Å². The van der Waals surface area contributed by atoms with Gasteiger partial charge in [-0.1, -0.05) is 39.8 Å². The Bertz CT molecular complexity index is 2380. The van der Waals surface area contributed by atoms with Crippen molar-refractivity contribution in [2.75, 3.05) is 14.2 Å². The van der Waals surface area contributed by atoms with Gasteiger partial charge in [0, 0.05) is 29.3 Å². The summed E-state index contributed by atoms with van der Waals surface area (Å²) in [7, 11) is 4.78. The number of carboxylic acids is 2. The summed E-state index contributed by atoms with van der Waals surface area (Å²) in [5.74, 6) is -6.01. The monoisotopic (exact) mass is 817 g/mol. The molecule has 5 rings (SSSR count). The molecule has 15 nitrogen and oxygen atoms in total. The van der Waals surface area contributed by atoms with E-state index in [9.17, 15) is 40.7 Å². The van der Waals surface area contributed by atoms with Gasteiger partial charge in [0.2, 0.25) is 0 Å². The first kappa shape index (κ1) is 45.3. The normalized spacial score (nSPS) is 12.8. The Morgan fingerprint density at radius 3 is 1.51 bits per heavy atom. The predicted molar refractivity (Wildman–Crippen MR) is 191 cm³/mol. The smallest absolute Gasteiger partial charge is 0.490 e. The largest absolute Gasteiger partial charge is 0.493 e. The summed E-state index contributed by atoms with van der Waals surface area (Å²) in [5, 5.41) is 17.4. The number of ether oxygens (including phenoxy) is 4. The van der Waals surface area contributed by atoms with Gasteiger partial charge in [0.05, 0.1) is 30.6 Å². The second-order valence-corrected chi connectivity index (χ2v) is 12.8. The number of carbonyl (C=O) groups excluding carboxylic acids is 2. The van der Waals surface area contributed by atoms with E-state index in [1.807, 2.05) is 51.4 Å². The molecule has 3 aromatic carbocycles. The predicted octanol–water partition coefficient (Wildman–Crippen LogP) is 5.65. The minimum absolute atomic E-state index is 0.0896. The van der Waals surface area contributed by atoms with Crippen molar-refractivity contribution >= 4 is 67.4 Å². The first-order valence-corrected chi connectivity index (χ1v) is 16.4. The molecule has 0 aliphatic rings. The van der Waals surface area contributed by atoms with Crippen molar-refractivity contribution in [2.24, 2.45) is 30.4 Å². The zero-order valence-corrected chi connectivity index (χ0v) is 31.1. The molecule has 0 fully saturated rings. The van der Waals surface area contributed by atoms with Gasteiger partial charge in [-0.15, -0.1) is 0 Å². The van der Waals surface area contributed by atoms with Crippen LogP contribution in [0.5, 0.6) is 23.0 Å². The minimum Gasteiger partial charge on any atom is -0.493 e. The van der Waals surface area contributed by atoms with Crippen LogP contribution in [0.4, 0.5) is 26.3 Å². The van der Waals surface area contributed by atoms with Crippen LogP contribution >= 0.6 is 0 Å². The van der Waals surface area contributed by atoms with E-state index < -0.39 is 53.9 Å². The van der Waals surface area contributed by atoms with E-state index in [-0.39, 0.29) is 34.7 Å². The molecule has 57 heavy (non-hydrogen) atoms. The van der Waals surface area contributed by atoms with E-state index in [4.69, 9.17) is 54.6 Å². The lowest BCUT2D eigenvalue weighted by atomic mass is 10.0. The van der Waals surface area contributed by atoms with Gasteiger partial charge >= 0.3 is 41.9 Å². The highest BCUT2D eigenvalue weighted by molar-refractivity contribution is 6.22. The number of nitrogens with two attached hydrogens (primary N) is 2. The highest BCUT2D eigenvalue weighted by Gasteiger charge is 2.39. The number of carbonyl (C=O) groups is 4. The maximum atomic E-state index is 13.4. The number of rotatable bonds is 8. The zero-order chi connectivity index (χ0) is 43.5. The number of alkyl halides is 6. The fourth-order valence-electron chi connectivity index (χ4n) is 5.15. The number of benzene rings is 3. The van der Waals surface area contributed by atoms with Crippen LogP contribution in [-0.2, 0) is 26.2 Å². The van der Waals surface area contributed by atoms with E-state index in [2.05, 4.69) is 0 Å². The quantitative estimate of drug-likeness (QED) is 0.0642. The van der Waals surface area contributed by atoms with Gasteiger partial charge in [-0.25, -0.2) is 24.0 Å². The van der Waals surface area contributed by atoms with Crippen molar-refractivity contribution in [1.82, 2.24) is 4.57 Å². The van der Waals surface area contributed by atoms with Crippen molar-refractivity contribution in [3.63, 3.8) is 0 Å². The Morgan fingerprint density at radius 2 is 1.11 bits per heavy atom. The Morgan fingerprint density at radius 1 is 0.684 bits per heavy atom. The molecule has 0 saturated heterocycles. The molecule has 5 aromatic rings. The maximum absolute atomic E-state index is 13.4. The number of carboxylic acid groups (broad SMARTS) is 2. The molecule has 0 saturated carbocycles. The number of esters is 2. The summed E-state index contributed by atoms with van der Waals surface area (Å²) in [6, 6.07) is 8.63. The van der Waals surface area contributed by atoms with Gasteiger partial charge in [0.1, 0.15) is 17.7 Å². The molecule has 0 bridgehead atoms. The maximum Gasteiger partial charge on any atom is 0.490 e. The van der Waals surface area contributed by atoms with Crippen LogP contribution in [0.2, 0.25) is 0 Å². The Hall–Kier alpha value is -6.09. The van der Waals surface area contributed by atoms with E-state index >= 15 is 0 Å². The number of halogens is 6. The van der Waals surface area contributed by atoms with E-state index in [0.29, 0.717) is 27.4 Å². The molecule has 21 heteroatoms. The van der Waals surface area contributed by atoms with Crippen molar-refractivity contribution in [1.29, 1.82) is 0 Å². The molecule has 310 valence electrons. The molecular weight excluding hydrogens is 780 g/mol. The summed E-state index contributed by atoms with van der Waals surface area (Å²) in [5.41, 5.74) is 12.9. The van der Waals surface area contributed by atoms with Crippen LogP contribution in [0.1, 0.15) is 27.7 Å². The topological polar surface area (TPSA) is 233 Å². The number of hydrogen-bond acceptors (Lipinski definition) is 12. The Balaban J connectivity index is 0.000000531. The summed E-state index contributed by atoms with van der Waals surface area (Å²) in [6.45, 7) is 7.31. The van der Waals surface area contributed by atoms with Crippen LogP contribution in [0.3, 0.4) is 0 Å². The molecule has 6 N–H and O–H groups in total. The summed E-state index contributed by atoms with van der Waals surface area (Å²) >= 11 is 0. The molecule has 0 aliphatic carbocycles. The van der Waals surface area contributed by atoms with Crippen molar-refractivity contribution in [3.05, 3.63) is 46.8 Å². The fourth-order valence-corrected chi connectivity index (χ4v) is 5.15. The van der Waals surface area contributed by atoms with Gasteiger partial charge in [0.25, 0.3) is 0 Å². The number of aryl methyl sites for hydroxylation is 1. The third-order valence-corrected chi connectivity index (χ3v) is 8.27. The van der Waals surface area contributed by atoms with Crippen LogP contribution in [0, 0.1) is 11.8 Å². The molecule has 2 heterocycles. The van der Waals surface area contributed by atoms with E-state index in [1.165, 1.54) is 20.3 Å². The second kappa shape index (κ2) is 17.4. The van der Waals surface area contributed by atoms with Gasteiger partial charge in [-0.2, -0.15) is 26.3 Å². The number of aromatic nitrogens is 1. The standard InChI is InChI=1S/C32H35N3O8.2C2HF3O2/c1-14(2)26(33)31(37)42-23-10-16-8-9-17-25-29(35(5)28(17)18(16)11-21(23)39-6)19-12-22(40-7)24(13-20(19)41-30(25)36)43-32(38)27(34)15(3)4;2*3-2(4,5)1(6)7/h8-15,26-27H,33-34H2,1-7H3;2*(H,6,7)/t26-,27-;;/m0../s1. The van der Waals surface area contributed by atoms with Crippen LogP contribution in [-0.4, -0.2) is 77.3 Å². The minimum atomic E-state index is -5.08. The van der Waals surface area contributed by atoms with Gasteiger partial charge in [-0.3, -0.25) is 0 Å². The van der Waals surface area contributed by atoms with Gasteiger partial charge in [-0.05, 0) is 35.4 Å². The SMILES string of the molecule is COc1cc2c(ccc3c4c(=O)oc5cc(OC(=O)[C@@H](N)C(C)C)c(OC)cc5c4n(C)c23)cc1OC(=O)[C@@H](N)C(C)C.O=C(O)C(F)(F)F.O=C(O)C(F)(F)F. The van der Waals surface area contributed by atoms with Crippen LogP contribution in [0.25, 0.3) is 43.5 Å². The highest BCUT2D eigenvalue weighted by atomic mass is 19.4. The van der Waals surface area contributed by atoms with Crippen molar-refractivity contribution in [2.45, 2.75) is 52.1 Å². The molecule has 0 aliphatic heterocycles. The fraction of sp³-hybridized carbons (Fsp3) is 0.361. The van der Waals surface area contributed by atoms with Crippen molar-refractivity contribution in [3.8, 4) is 23.0 Å². The lowest BCUT2D eigenvalue weighted by Crippen LogP contribution is -2.38. The number of hydrogen-bond donors (Lipinski definition) is 4. The summed E-state index contributed by atoms with van der Waals surface area (Å²) in [6.07, 6.45) is -10.2. The molecule has 0 spiro atoms. The average molecular weight is 818 g/mol. The third-order valence-electron chi connectivity index (χ3n) is 8.27.